The van der Waals surface area contributed by atoms with Crippen LogP contribution in [0.5, 0.6) is 0 Å². The summed E-state index contributed by atoms with van der Waals surface area (Å²) in [7, 11) is 0. The summed E-state index contributed by atoms with van der Waals surface area (Å²) in [5, 5.41) is 1.58. The Morgan fingerprint density at radius 3 is 2.94 bits per heavy atom. The van der Waals surface area contributed by atoms with Crippen LogP contribution < -0.4 is 10.9 Å². The Balaban J connectivity index is 2.44. The number of nitrogens with two attached hydrogens (primary N) is 1. The van der Waals surface area contributed by atoms with Crippen molar-refractivity contribution in [2.75, 3.05) is 11.6 Å². The molecule has 1 heterocycles. The van der Waals surface area contributed by atoms with Crippen molar-refractivity contribution in [3.8, 4) is 0 Å². The first-order valence-electron chi connectivity index (χ1n) is 5.15. The van der Waals surface area contributed by atoms with E-state index in [1.54, 1.807) is 13.0 Å². The molecular weight excluding hydrogens is 220 g/mol. The van der Waals surface area contributed by atoms with E-state index in [1.165, 1.54) is 6.33 Å². The normalized spacial score (nSPS) is 10.2. The van der Waals surface area contributed by atoms with Gasteiger partial charge >= 0.3 is 6.09 Å². The lowest BCUT2D eigenvalue weighted by atomic mass is 10.2. The van der Waals surface area contributed by atoms with Gasteiger partial charge in [0, 0.05) is 5.39 Å². The molecule has 0 saturated heterocycles. The monoisotopic (exact) mass is 232 g/mol. The molecule has 0 aliphatic carbocycles. The maximum absolute atomic E-state index is 11.5. The third-order valence-corrected chi connectivity index (χ3v) is 2.21. The number of rotatable bonds is 2. The fourth-order valence-electron chi connectivity index (χ4n) is 1.46. The smallest absolute Gasteiger partial charge is 0.430 e. The maximum Gasteiger partial charge on any atom is 0.430 e. The quantitative estimate of drug-likeness (QED) is 0.481. The molecule has 6 heteroatoms. The topological polar surface area (TPSA) is 81.3 Å². The van der Waals surface area contributed by atoms with Crippen molar-refractivity contribution in [3.05, 3.63) is 30.6 Å². The summed E-state index contributed by atoms with van der Waals surface area (Å²) >= 11 is 0. The zero-order valence-corrected chi connectivity index (χ0v) is 9.33. The number of carbonyl (C=O) groups is 1. The number of hydrazine groups is 1. The van der Waals surface area contributed by atoms with Crippen LogP contribution in [0, 0.1) is 0 Å². The first kappa shape index (κ1) is 11.3. The number of amides is 1. The van der Waals surface area contributed by atoms with Gasteiger partial charge in [0.15, 0.2) is 5.82 Å². The van der Waals surface area contributed by atoms with Crippen LogP contribution in [0.25, 0.3) is 10.9 Å². The summed E-state index contributed by atoms with van der Waals surface area (Å²) in [6.07, 6.45) is 0.716. The molecule has 2 N–H and O–H groups in total. The van der Waals surface area contributed by atoms with Crippen molar-refractivity contribution in [3.63, 3.8) is 0 Å². The van der Waals surface area contributed by atoms with Crippen LogP contribution in [-0.4, -0.2) is 22.7 Å². The molecule has 2 rings (SSSR count). The number of fused-ring (bicyclic) bond motifs is 1. The van der Waals surface area contributed by atoms with Gasteiger partial charge in [-0.15, -0.1) is 0 Å². The van der Waals surface area contributed by atoms with Crippen molar-refractivity contribution < 1.29 is 9.53 Å². The minimum atomic E-state index is -0.642. The number of nitrogens with zero attached hydrogens (tertiary/aromatic N) is 3. The Morgan fingerprint density at radius 2 is 2.18 bits per heavy atom. The Bertz CT molecular complexity index is 538. The van der Waals surface area contributed by atoms with Crippen LogP contribution >= 0.6 is 0 Å². The molecule has 1 aromatic carbocycles. The molecule has 0 unspecified atom stereocenters. The molecule has 0 aliphatic heterocycles. The van der Waals surface area contributed by atoms with Crippen molar-refractivity contribution in [2.24, 2.45) is 5.84 Å². The van der Waals surface area contributed by atoms with E-state index in [-0.39, 0.29) is 6.61 Å². The summed E-state index contributed by atoms with van der Waals surface area (Å²) in [5.74, 6) is 5.99. The van der Waals surface area contributed by atoms with E-state index in [0.29, 0.717) is 11.2 Å². The SMILES string of the molecule is CCOC(=O)N(N)c1ncnc2ccccc12. The molecule has 0 fully saturated rings. The number of para-hydroxylation sites is 1. The van der Waals surface area contributed by atoms with Crippen LogP contribution in [0.15, 0.2) is 30.6 Å². The average molecular weight is 232 g/mol. The lowest BCUT2D eigenvalue weighted by Gasteiger charge is -2.15. The van der Waals surface area contributed by atoms with Gasteiger partial charge in [0.05, 0.1) is 12.1 Å². The highest BCUT2D eigenvalue weighted by Crippen LogP contribution is 2.20. The van der Waals surface area contributed by atoms with E-state index >= 15 is 0 Å². The fourth-order valence-corrected chi connectivity index (χ4v) is 1.46. The van der Waals surface area contributed by atoms with Crippen molar-refractivity contribution in [1.29, 1.82) is 0 Å². The van der Waals surface area contributed by atoms with E-state index < -0.39 is 6.09 Å². The Kier molecular flexibility index (Phi) is 3.15. The van der Waals surface area contributed by atoms with Gasteiger partial charge in [-0.3, -0.25) is 0 Å². The number of aromatic nitrogens is 2. The van der Waals surface area contributed by atoms with Gasteiger partial charge in [-0.25, -0.2) is 20.6 Å². The molecule has 1 aromatic heterocycles. The van der Waals surface area contributed by atoms with Crippen LogP contribution in [0.4, 0.5) is 10.6 Å². The van der Waals surface area contributed by atoms with Crippen molar-refractivity contribution >= 4 is 22.8 Å². The second kappa shape index (κ2) is 4.75. The third kappa shape index (κ3) is 2.16. The van der Waals surface area contributed by atoms with E-state index in [2.05, 4.69) is 9.97 Å². The molecule has 0 aliphatic rings. The summed E-state index contributed by atoms with van der Waals surface area (Å²) < 4.78 is 4.81. The molecule has 0 atom stereocenters. The zero-order valence-electron chi connectivity index (χ0n) is 9.33. The average Bonchev–Trinajstić information content (AvgIpc) is 2.37. The lowest BCUT2D eigenvalue weighted by Crippen LogP contribution is -2.38. The molecule has 0 bridgehead atoms. The number of anilines is 1. The Hall–Kier alpha value is -2.21. The first-order chi connectivity index (χ1) is 8.24. The summed E-state index contributed by atoms with van der Waals surface area (Å²) in [4.78, 5) is 19.6. The number of ether oxygens (including phenoxy) is 1. The van der Waals surface area contributed by atoms with Crippen molar-refractivity contribution in [1.82, 2.24) is 9.97 Å². The molecule has 0 spiro atoms. The molecule has 0 radical (unpaired) electrons. The van der Waals surface area contributed by atoms with Gasteiger partial charge < -0.3 is 4.74 Å². The number of hydrogen-bond donors (Lipinski definition) is 1. The molecule has 0 saturated carbocycles. The Morgan fingerprint density at radius 1 is 1.41 bits per heavy atom. The van der Waals surface area contributed by atoms with Gasteiger partial charge in [-0.05, 0) is 19.1 Å². The van der Waals surface area contributed by atoms with E-state index in [4.69, 9.17) is 10.6 Å². The summed E-state index contributed by atoms with van der Waals surface area (Å²) in [6, 6.07) is 7.29. The van der Waals surface area contributed by atoms with Crippen LogP contribution in [0.2, 0.25) is 0 Å². The number of carbonyl (C=O) groups excluding carboxylic acids is 1. The highest BCUT2D eigenvalue weighted by atomic mass is 16.6. The molecule has 1 amide bonds. The van der Waals surface area contributed by atoms with Crippen LogP contribution in [0.1, 0.15) is 6.92 Å². The van der Waals surface area contributed by atoms with E-state index in [1.807, 2.05) is 18.2 Å². The number of benzene rings is 1. The second-order valence-electron chi connectivity index (χ2n) is 3.28. The first-order valence-corrected chi connectivity index (χ1v) is 5.15. The summed E-state index contributed by atoms with van der Waals surface area (Å²) in [5.41, 5.74) is 0.720. The van der Waals surface area contributed by atoms with Gasteiger partial charge in [0.2, 0.25) is 0 Å². The predicted octanol–water partition coefficient (Wildman–Crippen LogP) is 1.47. The van der Waals surface area contributed by atoms with E-state index in [9.17, 15) is 4.79 Å². The minimum Gasteiger partial charge on any atom is -0.448 e. The van der Waals surface area contributed by atoms with Gasteiger partial charge in [-0.1, -0.05) is 12.1 Å². The second-order valence-corrected chi connectivity index (χ2v) is 3.28. The predicted molar refractivity (Wildman–Crippen MR) is 63.2 cm³/mol. The van der Waals surface area contributed by atoms with Gasteiger partial charge in [-0.2, -0.15) is 5.01 Å². The summed E-state index contributed by atoms with van der Waals surface area (Å²) in [6.45, 7) is 1.97. The fraction of sp³-hybridized carbons (Fsp3) is 0.182. The molecule has 2 aromatic rings. The van der Waals surface area contributed by atoms with Gasteiger partial charge in [0.25, 0.3) is 0 Å². The highest BCUT2D eigenvalue weighted by molar-refractivity contribution is 5.97. The van der Waals surface area contributed by atoms with Crippen LogP contribution in [-0.2, 0) is 4.74 Å². The van der Waals surface area contributed by atoms with Crippen LogP contribution in [0.3, 0.4) is 0 Å². The molecular formula is C11H12N4O2. The largest absolute Gasteiger partial charge is 0.448 e. The number of hydrogen-bond acceptors (Lipinski definition) is 5. The van der Waals surface area contributed by atoms with Gasteiger partial charge in [0.1, 0.15) is 6.33 Å². The third-order valence-electron chi connectivity index (χ3n) is 2.21. The van der Waals surface area contributed by atoms with Crippen molar-refractivity contribution in [2.45, 2.75) is 6.92 Å². The standard InChI is InChI=1S/C11H12N4O2/c1-2-17-11(16)15(12)10-8-5-3-4-6-9(8)13-7-14-10/h3-7H,2,12H2,1H3. The molecule has 6 nitrogen and oxygen atoms in total. The molecule has 17 heavy (non-hydrogen) atoms. The lowest BCUT2D eigenvalue weighted by molar-refractivity contribution is 0.159. The Labute approximate surface area is 98.0 Å². The molecule has 88 valence electrons. The maximum atomic E-state index is 11.5. The zero-order chi connectivity index (χ0) is 12.3. The highest BCUT2D eigenvalue weighted by Gasteiger charge is 2.16. The minimum absolute atomic E-state index is 0.259. The van der Waals surface area contributed by atoms with E-state index in [0.717, 1.165) is 10.5 Å².